The lowest BCUT2D eigenvalue weighted by Gasteiger charge is -2.40. The molecule has 4 unspecified atom stereocenters. The first-order chi connectivity index (χ1) is 9.58. The lowest BCUT2D eigenvalue weighted by atomic mass is 9.72. The van der Waals surface area contributed by atoms with Gasteiger partial charge in [-0.15, -0.1) is 0 Å². The fourth-order valence-corrected chi connectivity index (χ4v) is 3.53. The van der Waals surface area contributed by atoms with Crippen molar-refractivity contribution in [2.75, 3.05) is 47.1 Å². The Morgan fingerprint density at radius 2 is 1.75 bits per heavy atom. The molecule has 0 amide bonds. The van der Waals surface area contributed by atoms with Gasteiger partial charge in [-0.1, -0.05) is 13.8 Å². The highest BCUT2D eigenvalue weighted by molar-refractivity contribution is 4.87. The largest absolute Gasteiger partial charge is 0.385 e. The molecule has 0 radical (unpaired) electrons. The highest BCUT2D eigenvalue weighted by Gasteiger charge is 2.32. The molecule has 1 aliphatic carbocycles. The zero-order valence-corrected chi connectivity index (χ0v) is 13.8. The first-order valence-corrected chi connectivity index (χ1v) is 8.04. The van der Waals surface area contributed by atoms with E-state index in [9.17, 15) is 0 Å². The van der Waals surface area contributed by atoms with E-state index in [2.05, 4.69) is 18.7 Å². The molecule has 0 aromatic carbocycles. The van der Waals surface area contributed by atoms with E-state index in [1.54, 1.807) is 14.2 Å². The summed E-state index contributed by atoms with van der Waals surface area (Å²) in [5.74, 6) is 2.11. The van der Waals surface area contributed by atoms with Crippen molar-refractivity contribution in [2.24, 2.45) is 23.5 Å². The second-order valence-electron chi connectivity index (χ2n) is 6.52. The normalized spacial score (nSPS) is 30.9. The Morgan fingerprint density at radius 1 is 1.05 bits per heavy atom. The molecule has 0 aromatic rings. The maximum absolute atomic E-state index is 6.41. The van der Waals surface area contributed by atoms with Gasteiger partial charge in [-0.3, -0.25) is 0 Å². The van der Waals surface area contributed by atoms with Gasteiger partial charge < -0.3 is 20.1 Å². The molecule has 1 fully saturated rings. The van der Waals surface area contributed by atoms with Crippen molar-refractivity contribution in [1.29, 1.82) is 0 Å². The molecular formula is C16H34N2O2. The molecule has 120 valence electrons. The van der Waals surface area contributed by atoms with E-state index in [1.165, 1.54) is 12.8 Å². The van der Waals surface area contributed by atoms with Crippen molar-refractivity contribution >= 4 is 0 Å². The summed E-state index contributed by atoms with van der Waals surface area (Å²) in [7, 11) is 3.53. The molecule has 0 heterocycles. The molecule has 0 bridgehead atoms. The molecule has 4 atom stereocenters. The lowest BCUT2D eigenvalue weighted by molar-refractivity contribution is 0.0861. The van der Waals surface area contributed by atoms with Crippen LogP contribution < -0.4 is 5.73 Å². The van der Waals surface area contributed by atoms with Crippen LogP contribution in [0.15, 0.2) is 0 Å². The minimum absolute atomic E-state index is 0.348. The van der Waals surface area contributed by atoms with E-state index in [-0.39, 0.29) is 0 Å². The second kappa shape index (κ2) is 9.72. The topological polar surface area (TPSA) is 47.7 Å². The third-order valence-corrected chi connectivity index (χ3v) is 4.63. The Kier molecular flexibility index (Phi) is 8.69. The van der Waals surface area contributed by atoms with Crippen molar-refractivity contribution in [3.05, 3.63) is 0 Å². The minimum Gasteiger partial charge on any atom is -0.385 e. The van der Waals surface area contributed by atoms with Crippen molar-refractivity contribution in [1.82, 2.24) is 4.90 Å². The van der Waals surface area contributed by atoms with Crippen LogP contribution in [0.5, 0.6) is 0 Å². The standard InChI is InChI=1S/C16H34N2O2/c1-13-10-14(2)15(16(17)11-13)12-18(7-9-20-4)6-5-8-19-3/h13-16H,5-12,17H2,1-4H3. The summed E-state index contributed by atoms with van der Waals surface area (Å²) in [6.45, 7) is 9.47. The van der Waals surface area contributed by atoms with Gasteiger partial charge in [-0.05, 0) is 37.0 Å². The summed E-state index contributed by atoms with van der Waals surface area (Å²) < 4.78 is 10.4. The summed E-state index contributed by atoms with van der Waals surface area (Å²) in [6, 6.07) is 0.348. The number of rotatable bonds is 9. The van der Waals surface area contributed by atoms with Crippen molar-refractivity contribution in [3.8, 4) is 0 Å². The fraction of sp³-hybridized carbons (Fsp3) is 1.00. The van der Waals surface area contributed by atoms with Crippen LogP contribution in [0, 0.1) is 17.8 Å². The summed E-state index contributed by atoms with van der Waals surface area (Å²) in [5.41, 5.74) is 6.41. The zero-order valence-electron chi connectivity index (χ0n) is 13.8. The molecule has 4 nitrogen and oxygen atoms in total. The number of methoxy groups -OCH3 is 2. The maximum Gasteiger partial charge on any atom is 0.0589 e. The third-order valence-electron chi connectivity index (χ3n) is 4.63. The Balaban J connectivity index is 2.48. The van der Waals surface area contributed by atoms with Crippen LogP contribution in [0.25, 0.3) is 0 Å². The summed E-state index contributed by atoms with van der Waals surface area (Å²) in [5, 5.41) is 0. The van der Waals surface area contributed by atoms with Crippen LogP contribution in [0.2, 0.25) is 0 Å². The SMILES string of the molecule is COCCCN(CCOC)CC1C(C)CC(C)CC1N. The molecule has 1 saturated carbocycles. The quantitative estimate of drug-likeness (QED) is 0.659. The zero-order chi connectivity index (χ0) is 15.0. The number of ether oxygens (including phenoxy) is 2. The van der Waals surface area contributed by atoms with E-state index in [1.807, 2.05) is 0 Å². The van der Waals surface area contributed by atoms with Gasteiger partial charge in [-0.25, -0.2) is 0 Å². The van der Waals surface area contributed by atoms with Crippen LogP contribution >= 0.6 is 0 Å². The Morgan fingerprint density at radius 3 is 2.35 bits per heavy atom. The number of nitrogens with two attached hydrogens (primary N) is 1. The molecule has 0 spiro atoms. The van der Waals surface area contributed by atoms with Gasteiger partial charge in [-0.2, -0.15) is 0 Å². The fourth-order valence-electron chi connectivity index (χ4n) is 3.53. The van der Waals surface area contributed by atoms with Gasteiger partial charge in [0.2, 0.25) is 0 Å². The summed E-state index contributed by atoms with van der Waals surface area (Å²) in [4.78, 5) is 2.50. The van der Waals surface area contributed by atoms with Crippen molar-refractivity contribution < 1.29 is 9.47 Å². The average Bonchev–Trinajstić information content (AvgIpc) is 2.39. The molecule has 4 heteroatoms. The molecular weight excluding hydrogens is 252 g/mol. The molecule has 0 aromatic heterocycles. The van der Waals surface area contributed by atoms with Crippen LogP contribution in [-0.2, 0) is 9.47 Å². The molecule has 1 rings (SSSR count). The minimum atomic E-state index is 0.348. The van der Waals surface area contributed by atoms with Crippen molar-refractivity contribution in [3.63, 3.8) is 0 Å². The monoisotopic (exact) mass is 286 g/mol. The van der Waals surface area contributed by atoms with Gasteiger partial charge >= 0.3 is 0 Å². The highest BCUT2D eigenvalue weighted by atomic mass is 16.5. The van der Waals surface area contributed by atoms with Gasteiger partial charge in [0.1, 0.15) is 0 Å². The third kappa shape index (κ3) is 6.08. The first-order valence-electron chi connectivity index (χ1n) is 8.04. The van der Waals surface area contributed by atoms with Gasteiger partial charge in [0.15, 0.2) is 0 Å². The van der Waals surface area contributed by atoms with Gasteiger partial charge in [0.05, 0.1) is 6.61 Å². The van der Waals surface area contributed by atoms with Crippen LogP contribution in [-0.4, -0.2) is 58.0 Å². The summed E-state index contributed by atoms with van der Waals surface area (Å²) >= 11 is 0. The molecule has 1 aliphatic rings. The van der Waals surface area contributed by atoms with Crippen LogP contribution in [0.4, 0.5) is 0 Å². The summed E-state index contributed by atoms with van der Waals surface area (Å²) in [6.07, 6.45) is 3.56. The van der Waals surface area contributed by atoms with Gasteiger partial charge in [0, 0.05) is 46.5 Å². The lowest BCUT2D eigenvalue weighted by Crippen LogP contribution is -2.47. The maximum atomic E-state index is 6.41. The van der Waals surface area contributed by atoms with E-state index in [0.29, 0.717) is 12.0 Å². The average molecular weight is 286 g/mol. The Bertz CT molecular complexity index is 239. The predicted molar refractivity (Wildman–Crippen MR) is 83.8 cm³/mol. The molecule has 2 N–H and O–H groups in total. The molecule has 20 heavy (non-hydrogen) atoms. The Hall–Kier alpha value is -0.160. The number of hydrogen-bond acceptors (Lipinski definition) is 4. The van der Waals surface area contributed by atoms with E-state index in [0.717, 1.165) is 51.1 Å². The number of hydrogen-bond donors (Lipinski definition) is 1. The Labute approximate surface area is 125 Å². The highest BCUT2D eigenvalue weighted by Crippen LogP contribution is 2.33. The van der Waals surface area contributed by atoms with E-state index in [4.69, 9.17) is 15.2 Å². The first kappa shape index (κ1) is 17.9. The van der Waals surface area contributed by atoms with Gasteiger partial charge in [0.25, 0.3) is 0 Å². The number of nitrogens with zero attached hydrogens (tertiary/aromatic N) is 1. The van der Waals surface area contributed by atoms with Crippen LogP contribution in [0.3, 0.4) is 0 Å². The smallest absolute Gasteiger partial charge is 0.0589 e. The predicted octanol–water partition coefficient (Wildman–Crippen LogP) is 1.98. The van der Waals surface area contributed by atoms with E-state index >= 15 is 0 Å². The molecule has 0 saturated heterocycles. The molecule has 0 aliphatic heterocycles. The second-order valence-corrected chi connectivity index (χ2v) is 6.52. The van der Waals surface area contributed by atoms with E-state index < -0.39 is 0 Å². The van der Waals surface area contributed by atoms with Crippen molar-refractivity contribution in [2.45, 2.75) is 39.2 Å². The van der Waals surface area contributed by atoms with Crippen LogP contribution in [0.1, 0.15) is 33.1 Å².